The first-order valence-electron chi connectivity index (χ1n) is 6.08. The Balaban J connectivity index is 2.42. The van der Waals surface area contributed by atoms with E-state index in [-0.39, 0.29) is 11.7 Å². The number of hydrogen-bond acceptors (Lipinski definition) is 4. The molecule has 1 aliphatic heterocycles. The van der Waals surface area contributed by atoms with E-state index >= 15 is 0 Å². The van der Waals surface area contributed by atoms with Crippen LogP contribution in [0.15, 0.2) is 12.1 Å². The van der Waals surface area contributed by atoms with Gasteiger partial charge in [-0.1, -0.05) is 18.5 Å². The summed E-state index contributed by atoms with van der Waals surface area (Å²) in [5.41, 5.74) is 0.0281. The molecule has 2 heterocycles. The Morgan fingerprint density at radius 1 is 1.50 bits per heavy atom. The summed E-state index contributed by atoms with van der Waals surface area (Å²) in [6, 6.07) is 3.13. The number of anilines is 1. The quantitative estimate of drug-likeness (QED) is 0.470. The number of pyridine rings is 1. The Bertz CT molecular complexity index is 467. The van der Waals surface area contributed by atoms with E-state index in [1.807, 2.05) is 4.90 Å². The monoisotopic (exact) mass is 269 g/mol. The van der Waals surface area contributed by atoms with Gasteiger partial charge in [0.1, 0.15) is 5.15 Å². The van der Waals surface area contributed by atoms with Crippen LogP contribution in [0.2, 0.25) is 5.15 Å². The summed E-state index contributed by atoms with van der Waals surface area (Å²) in [4.78, 5) is 16.8. The molecule has 2 atom stereocenters. The van der Waals surface area contributed by atoms with E-state index in [2.05, 4.69) is 18.8 Å². The van der Waals surface area contributed by atoms with Crippen LogP contribution in [0.3, 0.4) is 0 Å². The molecule has 2 unspecified atom stereocenters. The molecule has 0 aliphatic carbocycles. The number of aromatic nitrogens is 1. The van der Waals surface area contributed by atoms with Crippen molar-refractivity contribution >= 4 is 23.1 Å². The molecule has 1 aromatic rings. The van der Waals surface area contributed by atoms with Crippen molar-refractivity contribution in [2.75, 3.05) is 11.4 Å². The summed E-state index contributed by atoms with van der Waals surface area (Å²) in [5.74, 6) is 0.894. The van der Waals surface area contributed by atoms with E-state index in [0.717, 1.165) is 19.4 Å². The average molecular weight is 270 g/mol. The maximum atomic E-state index is 11.1. The summed E-state index contributed by atoms with van der Waals surface area (Å²) < 4.78 is 0. The van der Waals surface area contributed by atoms with Gasteiger partial charge in [-0.25, -0.2) is 4.98 Å². The Labute approximate surface area is 111 Å². The number of nitrogens with zero attached hydrogens (tertiary/aromatic N) is 3. The molecule has 5 nitrogen and oxygen atoms in total. The van der Waals surface area contributed by atoms with Crippen molar-refractivity contribution in [3.63, 3.8) is 0 Å². The average Bonchev–Trinajstić information content (AvgIpc) is 2.32. The molecular weight excluding hydrogens is 254 g/mol. The van der Waals surface area contributed by atoms with Gasteiger partial charge in [0, 0.05) is 18.7 Å². The largest absolute Gasteiger partial charge is 0.348 e. The second-order valence-corrected chi connectivity index (χ2v) is 5.17. The number of piperidine rings is 1. The third-order valence-corrected chi connectivity index (χ3v) is 3.87. The minimum atomic E-state index is -0.398. The lowest BCUT2D eigenvalue weighted by Crippen LogP contribution is -2.43. The zero-order valence-corrected chi connectivity index (χ0v) is 11.2. The van der Waals surface area contributed by atoms with Crippen LogP contribution in [0.1, 0.15) is 26.7 Å². The summed E-state index contributed by atoms with van der Waals surface area (Å²) >= 11 is 5.86. The summed E-state index contributed by atoms with van der Waals surface area (Å²) in [5, 5.41) is 11.4. The van der Waals surface area contributed by atoms with Gasteiger partial charge in [-0.3, -0.25) is 10.1 Å². The van der Waals surface area contributed by atoms with E-state index in [1.54, 1.807) is 0 Å². The minimum absolute atomic E-state index is 0.0281. The second-order valence-electron chi connectivity index (χ2n) is 4.79. The Hall–Kier alpha value is -1.36. The van der Waals surface area contributed by atoms with Crippen molar-refractivity contribution in [2.45, 2.75) is 32.7 Å². The highest BCUT2D eigenvalue weighted by Gasteiger charge is 2.30. The molecule has 6 heteroatoms. The number of nitro groups is 1. The van der Waals surface area contributed by atoms with E-state index in [9.17, 15) is 10.1 Å². The lowest BCUT2D eigenvalue weighted by Gasteiger charge is -2.38. The van der Waals surface area contributed by atoms with Crippen LogP contribution in [0, 0.1) is 16.0 Å². The molecule has 0 spiro atoms. The highest BCUT2D eigenvalue weighted by Crippen LogP contribution is 2.33. The maximum absolute atomic E-state index is 11.1. The van der Waals surface area contributed by atoms with Crippen molar-refractivity contribution in [1.82, 2.24) is 4.98 Å². The van der Waals surface area contributed by atoms with Crippen LogP contribution < -0.4 is 4.90 Å². The third-order valence-electron chi connectivity index (χ3n) is 3.66. The second kappa shape index (κ2) is 5.10. The number of hydrogen-bond donors (Lipinski definition) is 0. The molecule has 0 bridgehead atoms. The van der Waals surface area contributed by atoms with E-state index in [4.69, 9.17) is 11.6 Å². The molecule has 0 radical (unpaired) electrons. The van der Waals surface area contributed by atoms with Gasteiger partial charge < -0.3 is 4.90 Å². The molecule has 1 fully saturated rings. The number of halogens is 1. The van der Waals surface area contributed by atoms with Gasteiger partial charge in [0.05, 0.1) is 4.92 Å². The first kappa shape index (κ1) is 13.1. The van der Waals surface area contributed by atoms with Gasteiger partial charge in [0.25, 0.3) is 0 Å². The zero-order valence-electron chi connectivity index (χ0n) is 10.5. The van der Waals surface area contributed by atoms with Crippen molar-refractivity contribution in [1.29, 1.82) is 0 Å². The van der Waals surface area contributed by atoms with Crippen LogP contribution in [0.25, 0.3) is 0 Å². The van der Waals surface area contributed by atoms with E-state index in [1.165, 1.54) is 12.1 Å². The molecule has 0 amide bonds. The fraction of sp³-hybridized carbons (Fsp3) is 0.583. The molecule has 0 saturated carbocycles. The van der Waals surface area contributed by atoms with Gasteiger partial charge >= 0.3 is 5.69 Å². The Kier molecular flexibility index (Phi) is 3.71. The van der Waals surface area contributed by atoms with Gasteiger partial charge in [0.2, 0.25) is 5.82 Å². The first-order chi connectivity index (χ1) is 8.50. The molecule has 1 aromatic heterocycles. The van der Waals surface area contributed by atoms with Gasteiger partial charge in [-0.05, 0) is 31.7 Å². The van der Waals surface area contributed by atoms with Gasteiger partial charge in [-0.2, -0.15) is 0 Å². The van der Waals surface area contributed by atoms with Crippen LogP contribution in [0.4, 0.5) is 11.5 Å². The van der Waals surface area contributed by atoms with Crippen LogP contribution >= 0.6 is 11.6 Å². The van der Waals surface area contributed by atoms with Crippen LogP contribution in [-0.2, 0) is 0 Å². The molecule has 1 saturated heterocycles. The first-order valence-corrected chi connectivity index (χ1v) is 6.46. The summed E-state index contributed by atoms with van der Waals surface area (Å²) in [6.45, 7) is 5.03. The van der Waals surface area contributed by atoms with Crippen molar-refractivity contribution in [2.24, 2.45) is 5.92 Å². The molecular formula is C12H16ClN3O2. The van der Waals surface area contributed by atoms with E-state index < -0.39 is 4.92 Å². The summed E-state index contributed by atoms with van der Waals surface area (Å²) in [6.07, 6.45) is 2.17. The van der Waals surface area contributed by atoms with Crippen molar-refractivity contribution in [3.05, 3.63) is 27.4 Å². The normalized spacial score (nSPS) is 24.1. The minimum Gasteiger partial charge on any atom is -0.348 e. The fourth-order valence-electron chi connectivity index (χ4n) is 2.41. The SMILES string of the molecule is CC1CCCN(c2nc(Cl)ccc2[N+](=O)[O-])C1C. The van der Waals surface area contributed by atoms with Crippen molar-refractivity contribution in [3.8, 4) is 0 Å². The molecule has 0 N–H and O–H groups in total. The van der Waals surface area contributed by atoms with Crippen LogP contribution in [-0.4, -0.2) is 22.5 Å². The lowest BCUT2D eigenvalue weighted by molar-refractivity contribution is -0.384. The van der Waals surface area contributed by atoms with Crippen LogP contribution in [0.5, 0.6) is 0 Å². The van der Waals surface area contributed by atoms with Gasteiger partial charge in [0.15, 0.2) is 0 Å². The standard InChI is InChI=1S/C12H16ClN3O2/c1-8-4-3-7-15(9(8)2)12-10(16(17)18)5-6-11(13)14-12/h5-6,8-9H,3-4,7H2,1-2H3. The highest BCUT2D eigenvalue weighted by molar-refractivity contribution is 6.29. The lowest BCUT2D eigenvalue weighted by atomic mass is 9.92. The predicted octanol–water partition coefficient (Wildman–Crippen LogP) is 3.27. The highest BCUT2D eigenvalue weighted by atomic mass is 35.5. The molecule has 2 rings (SSSR count). The third kappa shape index (κ3) is 2.41. The summed E-state index contributed by atoms with van der Waals surface area (Å²) in [7, 11) is 0. The molecule has 18 heavy (non-hydrogen) atoms. The van der Waals surface area contributed by atoms with Gasteiger partial charge in [-0.15, -0.1) is 0 Å². The topological polar surface area (TPSA) is 59.3 Å². The molecule has 98 valence electrons. The maximum Gasteiger partial charge on any atom is 0.311 e. The van der Waals surface area contributed by atoms with E-state index in [0.29, 0.717) is 16.9 Å². The Morgan fingerprint density at radius 3 is 2.89 bits per heavy atom. The fourth-order valence-corrected chi connectivity index (χ4v) is 2.55. The Morgan fingerprint density at radius 2 is 2.22 bits per heavy atom. The zero-order chi connectivity index (χ0) is 13.3. The molecule has 0 aromatic carbocycles. The predicted molar refractivity (Wildman–Crippen MR) is 71.1 cm³/mol. The van der Waals surface area contributed by atoms with Crippen molar-refractivity contribution < 1.29 is 4.92 Å². The smallest absolute Gasteiger partial charge is 0.311 e. The molecule has 1 aliphatic rings. The number of rotatable bonds is 2.